The van der Waals surface area contributed by atoms with Crippen LogP contribution < -0.4 is 5.32 Å². The van der Waals surface area contributed by atoms with Crippen LogP contribution in [-0.4, -0.2) is 53.0 Å². The van der Waals surface area contributed by atoms with Gasteiger partial charge in [-0.1, -0.05) is 6.07 Å². The molecule has 6 heteroatoms. The minimum absolute atomic E-state index is 0.0857. The number of hydrogen-bond donors (Lipinski definition) is 2. The Hall–Kier alpha value is -2.05. The van der Waals surface area contributed by atoms with E-state index in [0.717, 1.165) is 42.5 Å². The smallest absolute Gasteiger partial charge is 0.322 e. The molecule has 1 aliphatic rings. The van der Waals surface area contributed by atoms with Gasteiger partial charge in [0.1, 0.15) is 0 Å². The summed E-state index contributed by atoms with van der Waals surface area (Å²) >= 11 is 0. The molecule has 1 aromatic heterocycles. The molecule has 136 valence electrons. The zero-order chi connectivity index (χ0) is 17.8. The van der Waals surface area contributed by atoms with Crippen molar-refractivity contribution in [3.8, 4) is 0 Å². The van der Waals surface area contributed by atoms with Crippen LogP contribution in [0.4, 0.5) is 10.5 Å². The molecule has 0 aliphatic carbocycles. The van der Waals surface area contributed by atoms with Gasteiger partial charge in [-0.15, -0.1) is 0 Å². The fourth-order valence-corrected chi connectivity index (χ4v) is 3.58. The van der Waals surface area contributed by atoms with Gasteiger partial charge < -0.3 is 24.6 Å². The molecule has 3 rings (SSSR count). The number of carbonyl (C=O) groups is 1. The van der Waals surface area contributed by atoms with Gasteiger partial charge in [-0.25, -0.2) is 4.79 Å². The fourth-order valence-electron chi connectivity index (χ4n) is 3.58. The SMILES string of the molecule is COCCn1ccc2ccc(NC(=O)N3CCCC3CC(C)O)cc21. The van der Waals surface area contributed by atoms with Gasteiger partial charge in [0, 0.05) is 38.1 Å². The van der Waals surface area contributed by atoms with E-state index in [4.69, 9.17) is 4.74 Å². The second-order valence-corrected chi connectivity index (χ2v) is 6.78. The van der Waals surface area contributed by atoms with Crippen molar-refractivity contribution in [1.82, 2.24) is 9.47 Å². The monoisotopic (exact) mass is 345 g/mol. The number of fused-ring (bicyclic) bond motifs is 1. The van der Waals surface area contributed by atoms with E-state index in [-0.39, 0.29) is 18.2 Å². The quantitative estimate of drug-likeness (QED) is 0.845. The number of likely N-dealkylation sites (tertiary alicyclic amines) is 1. The van der Waals surface area contributed by atoms with Gasteiger partial charge in [0.15, 0.2) is 0 Å². The average molecular weight is 345 g/mol. The lowest BCUT2D eigenvalue weighted by atomic mass is 10.1. The number of amides is 2. The predicted molar refractivity (Wildman–Crippen MR) is 98.9 cm³/mol. The maximum atomic E-state index is 12.6. The van der Waals surface area contributed by atoms with E-state index < -0.39 is 0 Å². The molecule has 1 fully saturated rings. The Morgan fingerprint density at radius 3 is 3.04 bits per heavy atom. The summed E-state index contributed by atoms with van der Waals surface area (Å²) in [4.78, 5) is 14.5. The van der Waals surface area contributed by atoms with Gasteiger partial charge >= 0.3 is 6.03 Å². The second-order valence-electron chi connectivity index (χ2n) is 6.78. The average Bonchev–Trinajstić information content (AvgIpc) is 3.19. The lowest BCUT2D eigenvalue weighted by molar-refractivity contribution is 0.142. The zero-order valence-corrected chi connectivity index (χ0v) is 14.9. The first-order valence-corrected chi connectivity index (χ1v) is 8.92. The Labute approximate surface area is 148 Å². The van der Waals surface area contributed by atoms with Gasteiger partial charge in [-0.3, -0.25) is 0 Å². The molecule has 25 heavy (non-hydrogen) atoms. The summed E-state index contributed by atoms with van der Waals surface area (Å²) in [7, 11) is 1.69. The van der Waals surface area contributed by atoms with Crippen LogP contribution in [0.1, 0.15) is 26.2 Å². The summed E-state index contributed by atoms with van der Waals surface area (Å²) in [5, 5.41) is 13.8. The molecule has 2 aromatic rings. The Kier molecular flexibility index (Phi) is 5.60. The lowest BCUT2D eigenvalue weighted by Crippen LogP contribution is -2.40. The summed E-state index contributed by atoms with van der Waals surface area (Å²) in [5.74, 6) is 0. The number of aliphatic hydroxyl groups is 1. The summed E-state index contributed by atoms with van der Waals surface area (Å²) in [6.45, 7) is 3.95. The van der Waals surface area contributed by atoms with Crippen LogP contribution in [0.15, 0.2) is 30.5 Å². The van der Waals surface area contributed by atoms with Crippen LogP contribution in [0.5, 0.6) is 0 Å². The number of urea groups is 1. The van der Waals surface area contributed by atoms with Gasteiger partial charge in [0.2, 0.25) is 0 Å². The van der Waals surface area contributed by atoms with Crippen LogP contribution in [0.3, 0.4) is 0 Å². The number of aliphatic hydroxyl groups excluding tert-OH is 1. The number of rotatable bonds is 6. The molecule has 1 aliphatic heterocycles. The third-order valence-corrected chi connectivity index (χ3v) is 4.81. The van der Waals surface area contributed by atoms with E-state index in [9.17, 15) is 9.90 Å². The summed E-state index contributed by atoms with van der Waals surface area (Å²) < 4.78 is 7.28. The molecule has 0 saturated carbocycles. The van der Waals surface area contributed by atoms with Crippen molar-refractivity contribution in [3.63, 3.8) is 0 Å². The molecule has 2 N–H and O–H groups in total. The predicted octanol–water partition coefficient (Wildman–Crippen LogP) is 3.05. The molecule has 2 atom stereocenters. The van der Waals surface area contributed by atoms with Crippen molar-refractivity contribution >= 4 is 22.6 Å². The first-order valence-electron chi connectivity index (χ1n) is 8.92. The molecule has 0 bridgehead atoms. The number of nitrogens with one attached hydrogen (secondary N) is 1. The van der Waals surface area contributed by atoms with Crippen molar-refractivity contribution in [2.45, 2.75) is 44.9 Å². The zero-order valence-electron chi connectivity index (χ0n) is 14.9. The summed E-state index contributed by atoms with van der Waals surface area (Å²) in [6.07, 6.45) is 4.22. The first kappa shape index (κ1) is 17.8. The molecule has 6 nitrogen and oxygen atoms in total. The van der Waals surface area contributed by atoms with E-state index in [1.807, 2.05) is 29.3 Å². The van der Waals surface area contributed by atoms with E-state index in [1.165, 1.54) is 0 Å². The van der Waals surface area contributed by atoms with E-state index >= 15 is 0 Å². The molecule has 1 saturated heterocycles. The number of hydrogen-bond acceptors (Lipinski definition) is 3. The molecular weight excluding hydrogens is 318 g/mol. The number of nitrogens with zero attached hydrogens (tertiary/aromatic N) is 2. The fraction of sp³-hybridized carbons (Fsp3) is 0.526. The van der Waals surface area contributed by atoms with Crippen molar-refractivity contribution < 1.29 is 14.6 Å². The van der Waals surface area contributed by atoms with Crippen molar-refractivity contribution in [3.05, 3.63) is 30.5 Å². The lowest BCUT2D eigenvalue weighted by Gasteiger charge is -2.26. The number of benzene rings is 1. The largest absolute Gasteiger partial charge is 0.393 e. The Bertz CT molecular complexity index is 726. The third-order valence-electron chi connectivity index (χ3n) is 4.81. The minimum Gasteiger partial charge on any atom is -0.393 e. The van der Waals surface area contributed by atoms with Crippen LogP contribution in [0.2, 0.25) is 0 Å². The van der Waals surface area contributed by atoms with Gasteiger partial charge in [0.05, 0.1) is 18.2 Å². The van der Waals surface area contributed by atoms with Gasteiger partial charge in [-0.05, 0) is 49.8 Å². The highest BCUT2D eigenvalue weighted by molar-refractivity contribution is 5.93. The summed E-state index contributed by atoms with van der Waals surface area (Å²) in [6, 6.07) is 8.05. The van der Waals surface area contributed by atoms with E-state index in [0.29, 0.717) is 13.0 Å². The van der Waals surface area contributed by atoms with Gasteiger partial charge in [0.25, 0.3) is 0 Å². The van der Waals surface area contributed by atoms with Gasteiger partial charge in [-0.2, -0.15) is 0 Å². The first-order chi connectivity index (χ1) is 12.1. The number of aromatic nitrogens is 1. The Morgan fingerprint density at radius 1 is 1.44 bits per heavy atom. The highest BCUT2D eigenvalue weighted by Crippen LogP contribution is 2.24. The Morgan fingerprint density at radius 2 is 2.28 bits per heavy atom. The van der Waals surface area contributed by atoms with Crippen molar-refractivity contribution in [2.75, 3.05) is 25.6 Å². The maximum Gasteiger partial charge on any atom is 0.322 e. The number of carbonyl (C=O) groups excluding carboxylic acids is 1. The molecule has 0 spiro atoms. The minimum atomic E-state index is -0.390. The number of ether oxygens (including phenoxy) is 1. The maximum absolute atomic E-state index is 12.6. The van der Waals surface area contributed by atoms with Crippen molar-refractivity contribution in [2.24, 2.45) is 0 Å². The molecule has 2 unspecified atom stereocenters. The van der Waals surface area contributed by atoms with Crippen LogP contribution in [-0.2, 0) is 11.3 Å². The molecule has 1 aromatic carbocycles. The molecule has 2 amide bonds. The highest BCUT2D eigenvalue weighted by Gasteiger charge is 2.29. The van der Waals surface area contributed by atoms with Crippen LogP contribution in [0.25, 0.3) is 10.9 Å². The normalized spacial score (nSPS) is 18.7. The van der Waals surface area contributed by atoms with Crippen molar-refractivity contribution in [1.29, 1.82) is 0 Å². The second kappa shape index (κ2) is 7.89. The molecule has 0 radical (unpaired) electrons. The summed E-state index contributed by atoms with van der Waals surface area (Å²) in [5.41, 5.74) is 1.87. The molecular formula is C19H27N3O3. The van der Waals surface area contributed by atoms with E-state index in [1.54, 1.807) is 14.0 Å². The number of methoxy groups -OCH3 is 1. The third kappa shape index (κ3) is 4.14. The molecule has 2 heterocycles. The topological polar surface area (TPSA) is 66.7 Å². The van der Waals surface area contributed by atoms with E-state index in [2.05, 4.69) is 16.0 Å². The standard InChI is InChI=1S/C19H27N3O3/c1-14(23)12-17-4-3-8-22(17)19(24)20-16-6-5-15-7-9-21(10-11-25-2)18(15)13-16/h5-7,9,13-14,17,23H,3-4,8,10-12H2,1-2H3,(H,20,24). The Balaban J connectivity index is 1.72. The van der Waals surface area contributed by atoms with Crippen LogP contribution in [0, 0.1) is 0 Å². The highest BCUT2D eigenvalue weighted by atomic mass is 16.5. The van der Waals surface area contributed by atoms with Crippen LogP contribution >= 0.6 is 0 Å². The number of anilines is 1.